The van der Waals surface area contributed by atoms with Crippen LogP contribution in [-0.4, -0.2) is 92.6 Å². The molecule has 4 rings (SSSR count). The lowest BCUT2D eigenvalue weighted by Gasteiger charge is -2.46. The van der Waals surface area contributed by atoms with E-state index in [0.29, 0.717) is 44.5 Å². The number of rotatable bonds is 2. The molecule has 138 valence electrons. The summed E-state index contributed by atoms with van der Waals surface area (Å²) >= 11 is 0. The van der Waals surface area contributed by atoms with Gasteiger partial charge in [0.2, 0.25) is 5.76 Å². The monoisotopic (exact) mass is 350 g/mol. The van der Waals surface area contributed by atoms with Crippen LogP contribution >= 0.6 is 0 Å². The molecular weight excluding hydrogens is 324 g/mol. The van der Waals surface area contributed by atoms with E-state index in [1.165, 1.54) is 0 Å². The number of anilines is 1. The van der Waals surface area contributed by atoms with Gasteiger partial charge in [-0.2, -0.15) is 0 Å². The van der Waals surface area contributed by atoms with E-state index in [9.17, 15) is 4.79 Å². The van der Waals surface area contributed by atoms with E-state index in [1.54, 1.807) is 6.07 Å². The van der Waals surface area contributed by atoms with Crippen molar-refractivity contribution in [1.29, 1.82) is 0 Å². The summed E-state index contributed by atoms with van der Waals surface area (Å²) in [5.41, 5.74) is -0.201. The van der Waals surface area contributed by atoms with Crippen LogP contribution in [0.4, 0.5) is 5.82 Å². The lowest BCUT2D eigenvalue weighted by Crippen LogP contribution is -2.57. The Morgan fingerprint density at radius 1 is 1.12 bits per heavy atom. The molecular formula is C17H26N4O4. The van der Waals surface area contributed by atoms with Crippen LogP contribution in [0, 0.1) is 0 Å². The van der Waals surface area contributed by atoms with Crippen molar-refractivity contribution in [3.63, 3.8) is 0 Å². The normalized spacial score (nSPS) is 24.7. The van der Waals surface area contributed by atoms with E-state index in [1.807, 2.05) is 4.90 Å². The lowest BCUT2D eigenvalue weighted by molar-refractivity contribution is -0.125. The first-order valence-electron chi connectivity index (χ1n) is 9.06. The lowest BCUT2D eigenvalue weighted by atomic mass is 9.89. The van der Waals surface area contributed by atoms with E-state index >= 15 is 0 Å². The predicted octanol–water partition coefficient (Wildman–Crippen LogP) is 0.448. The van der Waals surface area contributed by atoms with Gasteiger partial charge in [-0.3, -0.25) is 4.79 Å². The fraction of sp³-hybridized carbons (Fsp3) is 0.765. The second kappa shape index (κ2) is 6.93. The molecule has 25 heavy (non-hydrogen) atoms. The van der Waals surface area contributed by atoms with Crippen molar-refractivity contribution < 1.29 is 18.8 Å². The Morgan fingerprint density at radius 2 is 1.88 bits per heavy atom. The van der Waals surface area contributed by atoms with Gasteiger partial charge >= 0.3 is 0 Å². The maximum absolute atomic E-state index is 12.9. The third kappa shape index (κ3) is 3.51. The van der Waals surface area contributed by atoms with Gasteiger partial charge in [0.05, 0.1) is 32.0 Å². The van der Waals surface area contributed by atoms with Crippen LogP contribution in [0.25, 0.3) is 0 Å². The number of ether oxygens (including phenoxy) is 2. The van der Waals surface area contributed by atoms with Crippen LogP contribution in [0.15, 0.2) is 10.6 Å². The highest BCUT2D eigenvalue weighted by Gasteiger charge is 2.41. The van der Waals surface area contributed by atoms with Gasteiger partial charge in [-0.25, -0.2) is 0 Å². The Morgan fingerprint density at radius 3 is 2.64 bits per heavy atom. The number of hydrogen-bond acceptors (Lipinski definition) is 7. The van der Waals surface area contributed by atoms with Crippen molar-refractivity contribution in [2.75, 3.05) is 71.0 Å². The highest BCUT2D eigenvalue weighted by atomic mass is 16.5. The highest BCUT2D eigenvalue weighted by Crippen LogP contribution is 2.30. The number of carbonyl (C=O) groups is 1. The number of aromatic nitrogens is 1. The average molecular weight is 350 g/mol. The molecule has 0 saturated carbocycles. The largest absolute Gasteiger partial charge is 0.378 e. The molecule has 0 N–H and O–H groups in total. The second-order valence-corrected chi connectivity index (χ2v) is 7.21. The van der Waals surface area contributed by atoms with Gasteiger partial charge in [0.25, 0.3) is 5.91 Å². The summed E-state index contributed by atoms with van der Waals surface area (Å²) < 4.78 is 16.8. The van der Waals surface area contributed by atoms with Crippen LogP contribution in [-0.2, 0) is 9.47 Å². The molecule has 8 heteroatoms. The number of hydrogen-bond donors (Lipinski definition) is 0. The molecule has 1 aromatic heterocycles. The van der Waals surface area contributed by atoms with Crippen molar-refractivity contribution >= 4 is 11.7 Å². The highest BCUT2D eigenvalue weighted by molar-refractivity contribution is 5.92. The van der Waals surface area contributed by atoms with E-state index in [-0.39, 0.29) is 11.5 Å². The van der Waals surface area contributed by atoms with Crippen LogP contribution in [0.5, 0.6) is 0 Å². The molecule has 1 spiro atoms. The molecule has 0 aliphatic carbocycles. The summed E-state index contributed by atoms with van der Waals surface area (Å²) in [5, 5.41) is 4.08. The number of likely N-dealkylation sites (tertiary alicyclic amines) is 1. The molecule has 0 bridgehead atoms. The molecule has 3 aliphatic heterocycles. The standard InChI is InChI=1S/C17H26N4O4/c1-19-4-2-17(3-5-19)13-21(8-11-24-17)16(22)14-12-15(18-25-14)20-6-9-23-10-7-20/h12H,2-11,13H2,1H3. The molecule has 1 aromatic rings. The van der Waals surface area contributed by atoms with Crippen LogP contribution in [0.1, 0.15) is 23.4 Å². The predicted molar refractivity (Wildman–Crippen MR) is 90.9 cm³/mol. The first kappa shape index (κ1) is 16.8. The maximum atomic E-state index is 12.9. The van der Waals surface area contributed by atoms with Crippen molar-refractivity contribution in [1.82, 2.24) is 15.0 Å². The number of nitrogens with zero attached hydrogens (tertiary/aromatic N) is 4. The average Bonchev–Trinajstić information content (AvgIpc) is 3.15. The third-order valence-corrected chi connectivity index (χ3v) is 5.48. The fourth-order valence-electron chi connectivity index (χ4n) is 3.81. The maximum Gasteiger partial charge on any atom is 0.292 e. The molecule has 0 atom stereocenters. The Hall–Kier alpha value is -1.64. The molecule has 3 aliphatic rings. The Kier molecular flexibility index (Phi) is 4.66. The van der Waals surface area contributed by atoms with Crippen molar-refractivity contribution in [2.24, 2.45) is 0 Å². The topological polar surface area (TPSA) is 71.3 Å². The zero-order valence-electron chi connectivity index (χ0n) is 14.8. The summed E-state index contributed by atoms with van der Waals surface area (Å²) in [6, 6.07) is 1.75. The molecule has 8 nitrogen and oxygen atoms in total. The molecule has 3 fully saturated rings. The Balaban J connectivity index is 1.43. The zero-order chi connectivity index (χ0) is 17.3. The zero-order valence-corrected chi connectivity index (χ0v) is 14.8. The summed E-state index contributed by atoms with van der Waals surface area (Å²) in [7, 11) is 2.13. The second-order valence-electron chi connectivity index (χ2n) is 7.21. The molecule has 0 aromatic carbocycles. The van der Waals surface area contributed by atoms with Crippen molar-refractivity contribution in [3.8, 4) is 0 Å². The van der Waals surface area contributed by atoms with Crippen LogP contribution < -0.4 is 4.90 Å². The van der Waals surface area contributed by atoms with Gasteiger partial charge in [0, 0.05) is 38.8 Å². The van der Waals surface area contributed by atoms with Gasteiger partial charge in [-0.1, -0.05) is 5.16 Å². The minimum Gasteiger partial charge on any atom is -0.378 e. The molecule has 0 unspecified atom stereocenters. The minimum absolute atomic E-state index is 0.0892. The fourth-order valence-corrected chi connectivity index (χ4v) is 3.81. The first-order chi connectivity index (χ1) is 12.2. The van der Waals surface area contributed by atoms with Gasteiger partial charge < -0.3 is 28.7 Å². The Bertz CT molecular complexity index is 606. The van der Waals surface area contributed by atoms with E-state index in [4.69, 9.17) is 14.0 Å². The minimum atomic E-state index is -0.201. The van der Waals surface area contributed by atoms with Gasteiger partial charge in [-0.15, -0.1) is 0 Å². The van der Waals surface area contributed by atoms with Crippen LogP contribution in [0.2, 0.25) is 0 Å². The summed E-state index contributed by atoms with van der Waals surface area (Å²) in [5.74, 6) is 0.939. The van der Waals surface area contributed by atoms with Crippen LogP contribution in [0.3, 0.4) is 0 Å². The smallest absolute Gasteiger partial charge is 0.292 e. The van der Waals surface area contributed by atoms with E-state index < -0.39 is 0 Å². The number of morpholine rings is 2. The molecule has 4 heterocycles. The molecule has 0 radical (unpaired) electrons. The number of carbonyl (C=O) groups excluding carboxylic acids is 1. The SMILES string of the molecule is CN1CCC2(CC1)CN(C(=O)c1cc(N3CCOCC3)no1)CCO2. The van der Waals surface area contributed by atoms with Gasteiger partial charge in [0.15, 0.2) is 5.82 Å². The van der Waals surface area contributed by atoms with E-state index in [2.05, 4.69) is 22.0 Å². The van der Waals surface area contributed by atoms with Gasteiger partial charge in [-0.05, 0) is 19.9 Å². The molecule has 3 saturated heterocycles. The Labute approximate surface area is 147 Å². The third-order valence-electron chi connectivity index (χ3n) is 5.48. The van der Waals surface area contributed by atoms with Crippen molar-refractivity contribution in [2.45, 2.75) is 18.4 Å². The summed E-state index contributed by atoms with van der Waals surface area (Å²) in [4.78, 5) is 19.1. The quantitative estimate of drug-likeness (QED) is 0.767. The summed E-state index contributed by atoms with van der Waals surface area (Å²) in [6.07, 6.45) is 1.92. The molecule has 1 amide bonds. The van der Waals surface area contributed by atoms with E-state index in [0.717, 1.165) is 39.0 Å². The van der Waals surface area contributed by atoms with Gasteiger partial charge in [0.1, 0.15) is 0 Å². The summed E-state index contributed by atoms with van der Waals surface area (Å²) in [6.45, 7) is 6.73. The van der Waals surface area contributed by atoms with Crippen molar-refractivity contribution in [3.05, 3.63) is 11.8 Å². The number of piperidine rings is 1. The first-order valence-corrected chi connectivity index (χ1v) is 9.06. The number of amides is 1.